The van der Waals surface area contributed by atoms with Crippen LogP contribution in [-0.2, 0) is 0 Å². The van der Waals surface area contributed by atoms with Crippen LogP contribution in [0.4, 0.5) is 16.2 Å². The molecule has 146 valence electrons. The number of nitrogens with one attached hydrogen (secondary N) is 1. The second kappa shape index (κ2) is 7.84. The first-order chi connectivity index (χ1) is 13.3. The number of imide groups is 1. The topological polar surface area (TPSA) is 69.7 Å². The minimum Gasteiger partial charge on any atom is -0.308 e. The Balaban J connectivity index is 1.81. The summed E-state index contributed by atoms with van der Waals surface area (Å²) in [6, 6.07) is 12.3. The highest BCUT2D eigenvalue weighted by Crippen LogP contribution is 2.27. The Labute approximate surface area is 165 Å². The van der Waals surface area contributed by atoms with Gasteiger partial charge in [-0.05, 0) is 55.7 Å². The van der Waals surface area contributed by atoms with Crippen LogP contribution in [0.1, 0.15) is 47.1 Å². The first kappa shape index (κ1) is 19.6. The predicted octanol–water partition coefficient (Wildman–Crippen LogP) is 4.31. The number of hydrogen-bond donors (Lipinski definition) is 1. The molecule has 0 aliphatic carbocycles. The van der Waals surface area contributed by atoms with Gasteiger partial charge in [-0.3, -0.25) is 19.4 Å². The smallest absolute Gasteiger partial charge is 0.308 e. The number of rotatable bonds is 5. The minimum absolute atomic E-state index is 0.189. The molecule has 1 aliphatic heterocycles. The molecule has 6 nitrogen and oxygen atoms in total. The second-order valence-corrected chi connectivity index (χ2v) is 7.39. The number of aryl methyl sites for hydroxylation is 1. The Morgan fingerprint density at radius 2 is 1.79 bits per heavy atom. The quantitative estimate of drug-likeness (QED) is 0.787. The van der Waals surface area contributed by atoms with E-state index in [9.17, 15) is 14.4 Å². The number of urea groups is 1. The lowest BCUT2D eigenvalue weighted by Crippen LogP contribution is -2.34. The van der Waals surface area contributed by atoms with Crippen molar-refractivity contribution in [3.63, 3.8) is 0 Å². The maximum atomic E-state index is 12.8. The predicted molar refractivity (Wildman–Crippen MR) is 110 cm³/mol. The molecular formula is C22H25N3O3. The van der Waals surface area contributed by atoms with Gasteiger partial charge in [-0.25, -0.2) is 4.79 Å². The van der Waals surface area contributed by atoms with Crippen LogP contribution in [0.5, 0.6) is 0 Å². The highest BCUT2D eigenvalue weighted by atomic mass is 16.2. The van der Waals surface area contributed by atoms with Gasteiger partial charge in [-0.2, -0.15) is 0 Å². The van der Waals surface area contributed by atoms with Gasteiger partial charge in [0.25, 0.3) is 11.8 Å². The number of anilines is 2. The SMILES string of the molecule is CCN(C(=O)Nc1ccc2c(c1)C(=O)N(CC(C)C)C2=O)c1cccc(C)c1. The molecule has 2 aromatic carbocycles. The average molecular weight is 379 g/mol. The monoisotopic (exact) mass is 379 g/mol. The van der Waals surface area contributed by atoms with E-state index in [0.717, 1.165) is 11.3 Å². The first-order valence-corrected chi connectivity index (χ1v) is 9.47. The molecule has 3 rings (SSSR count). The van der Waals surface area contributed by atoms with Crippen LogP contribution >= 0.6 is 0 Å². The lowest BCUT2D eigenvalue weighted by molar-refractivity contribution is 0.0636. The molecule has 1 N–H and O–H groups in total. The fraction of sp³-hybridized carbons (Fsp3) is 0.318. The highest BCUT2D eigenvalue weighted by Gasteiger charge is 2.35. The van der Waals surface area contributed by atoms with E-state index in [0.29, 0.717) is 29.9 Å². The van der Waals surface area contributed by atoms with Crippen LogP contribution in [0.2, 0.25) is 0 Å². The second-order valence-electron chi connectivity index (χ2n) is 7.39. The molecule has 0 unspecified atom stereocenters. The molecule has 0 fully saturated rings. The molecule has 0 saturated carbocycles. The Kier molecular flexibility index (Phi) is 5.49. The fourth-order valence-electron chi connectivity index (χ4n) is 3.33. The van der Waals surface area contributed by atoms with Crippen LogP contribution in [0.25, 0.3) is 0 Å². The normalized spacial score (nSPS) is 13.1. The van der Waals surface area contributed by atoms with Gasteiger partial charge in [0.1, 0.15) is 0 Å². The van der Waals surface area contributed by atoms with Gasteiger partial charge in [0, 0.05) is 24.5 Å². The van der Waals surface area contributed by atoms with Crippen molar-refractivity contribution in [2.45, 2.75) is 27.7 Å². The maximum absolute atomic E-state index is 12.8. The van der Waals surface area contributed by atoms with E-state index in [-0.39, 0.29) is 23.8 Å². The van der Waals surface area contributed by atoms with Gasteiger partial charge in [-0.15, -0.1) is 0 Å². The largest absolute Gasteiger partial charge is 0.326 e. The summed E-state index contributed by atoms with van der Waals surface area (Å²) in [6.07, 6.45) is 0. The van der Waals surface area contributed by atoms with Crippen molar-refractivity contribution in [2.24, 2.45) is 5.92 Å². The third kappa shape index (κ3) is 3.76. The van der Waals surface area contributed by atoms with E-state index in [1.165, 1.54) is 4.90 Å². The van der Waals surface area contributed by atoms with E-state index in [1.54, 1.807) is 23.1 Å². The third-order valence-electron chi connectivity index (χ3n) is 4.64. The zero-order chi connectivity index (χ0) is 20.4. The summed E-state index contributed by atoms with van der Waals surface area (Å²) in [5.41, 5.74) is 3.07. The molecular weight excluding hydrogens is 354 g/mol. The Bertz CT molecular complexity index is 936. The molecule has 0 spiro atoms. The summed E-state index contributed by atoms with van der Waals surface area (Å²) in [5, 5.41) is 2.84. The van der Waals surface area contributed by atoms with Gasteiger partial charge in [0.15, 0.2) is 0 Å². The van der Waals surface area contributed by atoms with Crippen molar-refractivity contribution in [1.29, 1.82) is 0 Å². The van der Waals surface area contributed by atoms with Gasteiger partial charge < -0.3 is 5.32 Å². The Morgan fingerprint density at radius 3 is 2.43 bits per heavy atom. The molecule has 6 heteroatoms. The van der Waals surface area contributed by atoms with Crippen molar-refractivity contribution < 1.29 is 14.4 Å². The number of hydrogen-bond acceptors (Lipinski definition) is 3. The maximum Gasteiger partial charge on any atom is 0.326 e. The van der Waals surface area contributed by atoms with E-state index in [2.05, 4.69) is 5.32 Å². The summed E-state index contributed by atoms with van der Waals surface area (Å²) >= 11 is 0. The Morgan fingerprint density at radius 1 is 1.07 bits per heavy atom. The zero-order valence-corrected chi connectivity index (χ0v) is 16.7. The van der Waals surface area contributed by atoms with Gasteiger partial charge in [0.2, 0.25) is 0 Å². The summed E-state index contributed by atoms with van der Waals surface area (Å²) < 4.78 is 0. The van der Waals surface area contributed by atoms with Crippen molar-refractivity contribution in [3.05, 3.63) is 59.2 Å². The molecule has 0 atom stereocenters. The molecule has 0 radical (unpaired) electrons. The summed E-state index contributed by atoms with van der Waals surface area (Å²) in [7, 11) is 0. The van der Waals surface area contributed by atoms with Crippen LogP contribution in [0.3, 0.4) is 0 Å². The first-order valence-electron chi connectivity index (χ1n) is 9.47. The standard InChI is InChI=1S/C22H25N3O3/c1-5-24(17-8-6-7-15(4)11-17)22(28)23-16-9-10-18-19(12-16)21(27)25(20(18)26)13-14(2)3/h6-12,14H,5,13H2,1-4H3,(H,23,28). The minimum atomic E-state index is -0.309. The highest BCUT2D eigenvalue weighted by molar-refractivity contribution is 6.22. The van der Waals surface area contributed by atoms with Crippen molar-refractivity contribution in [1.82, 2.24) is 4.90 Å². The fourth-order valence-corrected chi connectivity index (χ4v) is 3.33. The van der Waals surface area contributed by atoms with E-state index < -0.39 is 0 Å². The van der Waals surface area contributed by atoms with Gasteiger partial charge in [0.05, 0.1) is 11.1 Å². The van der Waals surface area contributed by atoms with E-state index in [1.807, 2.05) is 52.0 Å². The van der Waals surface area contributed by atoms with Crippen LogP contribution in [0, 0.1) is 12.8 Å². The van der Waals surface area contributed by atoms with Gasteiger partial charge >= 0.3 is 6.03 Å². The number of carbonyl (C=O) groups excluding carboxylic acids is 3. The lowest BCUT2D eigenvalue weighted by Gasteiger charge is -2.22. The zero-order valence-electron chi connectivity index (χ0n) is 16.7. The molecule has 2 aromatic rings. The molecule has 1 heterocycles. The summed E-state index contributed by atoms with van der Waals surface area (Å²) in [5.74, 6) is -0.397. The van der Waals surface area contributed by atoms with Crippen LogP contribution in [-0.4, -0.2) is 35.8 Å². The molecule has 0 aromatic heterocycles. The molecule has 28 heavy (non-hydrogen) atoms. The van der Waals surface area contributed by atoms with Crippen molar-refractivity contribution in [2.75, 3.05) is 23.3 Å². The molecule has 0 saturated heterocycles. The number of fused-ring (bicyclic) bond motifs is 1. The number of amides is 4. The molecule has 0 bridgehead atoms. The van der Waals surface area contributed by atoms with E-state index in [4.69, 9.17) is 0 Å². The van der Waals surface area contributed by atoms with Crippen molar-refractivity contribution >= 4 is 29.2 Å². The van der Waals surface area contributed by atoms with Gasteiger partial charge in [-0.1, -0.05) is 26.0 Å². The van der Waals surface area contributed by atoms with Crippen molar-refractivity contribution in [3.8, 4) is 0 Å². The number of benzene rings is 2. The van der Waals surface area contributed by atoms with Crippen LogP contribution < -0.4 is 10.2 Å². The van der Waals surface area contributed by atoms with Crippen LogP contribution in [0.15, 0.2) is 42.5 Å². The average Bonchev–Trinajstić information content (AvgIpc) is 2.87. The molecule has 1 aliphatic rings. The summed E-state index contributed by atoms with van der Waals surface area (Å²) in [4.78, 5) is 40.7. The Hall–Kier alpha value is -3.15. The number of carbonyl (C=O) groups is 3. The van der Waals surface area contributed by atoms with E-state index >= 15 is 0 Å². The molecule has 4 amide bonds. The lowest BCUT2D eigenvalue weighted by atomic mass is 10.1. The third-order valence-corrected chi connectivity index (χ3v) is 4.64. The number of nitrogens with zero attached hydrogens (tertiary/aromatic N) is 2. The summed E-state index contributed by atoms with van der Waals surface area (Å²) in [6.45, 7) is 8.67.